The van der Waals surface area contributed by atoms with E-state index >= 15 is 0 Å². The van der Waals surface area contributed by atoms with Gasteiger partial charge in [0.05, 0.1) is 23.7 Å². The Morgan fingerprint density at radius 1 is 1.12 bits per heavy atom. The number of nitrogens with zero attached hydrogens (tertiary/aromatic N) is 1. The number of hydrogen-bond acceptors (Lipinski definition) is 8. The fourth-order valence-corrected chi connectivity index (χ4v) is 7.30. The molecule has 5 atom stereocenters. The standard InChI is InChI=1S/C30H40N4O8S/c1-29(12-13-29)43(39,40)33-27(37)30-18-19(30)9-6-4-5-7-14-34(2)26(36)24-17-22(16-23(24)25(35)32-30)42-28(38)31-20-10-8-11-21(15-20)41-3/h6,8-11,15,19,22-24H,4-5,7,12-14,16-18H2,1-3H3,(H,31,38)(H,32,35)(H,33,37)/b9-6-/t19-,22+,23+,24+,30+/m0/s1. The molecule has 0 bridgehead atoms. The van der Waals surface area contributed by atoms with E-state index < -0.39 is 56.2 Å². The number of fused-ring (bicyclic) bond motifs is 2. The molecule has 1 aromatic rings. The van der Waals surface area contributed by atoms with Crippen molar-refractivity contribution in [1.82, 2.24) is 14.9 Å². The molecule has 0 saturated heterocycles. The Morgan fingerprint density at radius 3 is 2.58 bits per heavy atom. The number of carbonyl (C=O) groups is 4. The molecule has 5 rings (SSSR count). The summed E-state index contributed by atoms with van der Waals surface area (Å²) in [6.45, 7) is 2.11. The first-order chi connectivity index (χ1) is 20.4. The predicted octanol–water partition coefficient (Wildman–Crippen LogP) is 2.71. The molecule has 0 unspecified atom stereocenters. The number of ether oxygens (including phenoxy) is 2. The van der Waals surface area contributed by atoms with Crippen molar-refractivity contribution < 1.29 is 37.1 Å². The molecule has 4 amide bonds. The maximum Gasteiger partial charge on any atom is 0.411 e. The van der Waals surface area contributed by atoms with Crippen LogP contribution in [0.25, 0.3) is 0 Å². The first-order valence-electron chi connectivity index (χ1n) is 14.8. The van der Waals surface area contributed by atoms with Gasteiger partial charge in [-0.15, -0.1) is 0 Å². The third-order valence-corrected chi connectivity index (χ3v) is 11.4. The van der Waals surface area contributed by atoms with Gasteiger partial charge in [0.15, 0.2) is 0 Å². The second kappa shape index (κ2) is 11.8. The molecule has 234 valence electrons. The van der Waals surface area contributed by atoms with Gasteiger partial charge in [-0.3, -0.25) is 24.4 Å². The molecule has 3 aliphatic carbocycles. The second-order valence-electron chi connectivity index (χ2n) is 12.4. The maximum absolute atomic E-state index is 13.8. The van der Waals surface area contributed by atoms with Crippen molar-refractivity contribution in [2.24, 2.45) is 17.8 Å². The van der Waals surface area contributed by atoms with Crippen LogP contribution < -0.4 is 20.1 Å². The quantitative estimate of drug-likeness (QED) is 0.412. The van der Waals surface area contributed by atoms with Crippen LogP contribution in [0.3, 0.4) is 0 Å². The Labute approximate surface area is 252 Å². The van der Waals surface area contributed by atoms with Gasteiger partial charge in [-0.1, -0.05) is 18.2 Å². The smallest absolute Gasteiger partial charge is 0.411 e. The minimum absolute atomic E-state index is 0.0795. The lowest BCUT2D eigenvalue weighted by Crippen LogP contribution is -2.55. The van der Waals surface area contributed by atoms with E-state index in [1.165, 1.54) is 7.11 Å². The summed E-state index contributed by atoms with van der Waals surface area (Å²) < 4.78 is 37.8. The van der Waals surface area contributed by atoms with E-state index in [0.29, 0.717) is 30.8 Å². The summed E-state index contributed by atoms with van der Waals surface area (Å²) in [5.74, 6) is -3.01. The monoisotopic (exact) mass is 616 g/mol. The first kappa shape index (κ1) is 30.8. The highest BCUT2D eigenvalue weighted by Gasteiger charge is 2.63. The molecule has 13 heteroatoms. The van der Waals surface area contributed by atoms with Crippen LogP contribution >= 0.6 is 0 Å². The number of carbonyl (C=O) groups excluding carboxylic acids is 4. The van der Waals surface area contributed by atoms with Crippen LogP contribution in [0.1, 0.15) is 58.3 Å². The summed E-state index contributed by atoms with van der Waals surface area (Å²) in [4.78, 5) is 55.2. The average molecular weight is 617 g/mol. The van der Waals surface area contributed by atoms with Gasteiger partial charge < -0.3 is 19.7 Å². The predicted molar refractivity (Wildman–Crippen MR) is 157 cm³/mol. The van der Waals surface area contributed by atoms with Crippen LogP contribution in [0.4, 0.5) is 10.5 Å². The van der Waals surface area contributed by atoms with Crippen molar-refractivity contribution >= 4 is 39.5 Å². The van der Waals surface area contributed by atoms with Crippen LogP contribution in [0.5, 0.6) is 5.75 Å². The van der Waals surface area contributed by atoms with Gasteiger partial charge in [0.2, 0.25) is 21.8 Å². The van der Waals surface area contributed by atoms with Crippen LogP contribution in [0.2, 0.25) is 0 Å². The number of anilines is 1. The largest absolute Gasteiger partial charge is 0.497 e. The van der Waals surface area contributed by atoms with Gasteiger partial charge in [-0.25, -0.2) is 13.2 Å². The Bertz CT molecular complexity index is 1420. The van der Waals surface area contributed by atoms with Gasteiger partial charge in [0.1, 0.15) is 17.4 Å². The van der Waals surface area contributed by atoms with Crippen molar-refractivity contribution in [2.75, 3.05) is 26.0 Å². The third-order valence-electron chi connectivity index (χ3n) is 9.22. The van der Waals surface area contributed by atoms with Crippen LogP contribution in [0.15, 0.2) is 36.4 Å². The lowest BCUT2D eigenvalue weighted by Gasteiger charge is -2.27. The van der Waals surface area contributed by atoms with Gasteiger partial charge in [0, 0.05) is 31.3 Å². The highest BCUT2D eigenvalue weighted by atomic mass is 32.2. The van der Waals surface area contributed by atoms with E-state index in [2.05, 4.69) is 15.4 Å². The fourth-order valence-electron chi connectivity index (χ4n) is 5.99. The third kappa shape index (κ3) is 6.51. The molecule has 0 radical (unpaired) electrons. The van der Waals surface area contributed by atoms with Crippen molar-refractivity contribution in [3.8, 4) is 5.75 Å². The topological polar surface area (TPSA) is 160 Å². The van der Waals surface area contributed by atoms with Crippen molar-refractivity contribution in [2.45, 2.75) is 74.7 Å². The molecule has 3 saturated carbocycles. The van der Waals surface area contributed by atoms with E-state index in [1.54, 1.807) is 43.1 Å². The summed E-state index contributed by atoms with van der Waals surface area (Å²) in [6.07, 6.45) is 6.06. The Hall–Kier alpha value is -3.61. The molecule has 3 fully saturated rings. The van der Waals surface area contributed by atoms with Crippen molar-refractivity contribution in [3.05, 3.63) is 36.4 Å². The summed E-state index contributed by atoms with van der Waals surface area (Å²) in [7, 11) is -0.713. The number of benzene rings is 1. The molecule has 12 nitrogen and oxygen atoms in total. The molecular weight excluding hydrogens is 576 g/mol. The molecule has 0 aromatic heterocycles. The molecule has 0 spiro atoms. The summed E-state index contributed by atoms with van der Waals surface area (Å²) in [6, 6.07) is 6.76. The summed E-state index contributed by atoms with van der Waals surface area (Å²) in [5.41, 5.74) is -0.969. The SMILES string of the molecule is COc1cccc(NC(=O)O[C@@H]2C[C@H]3C(=O)N[C@]4(C(=O)NS(=O)(=O)C5(C)CC5)C[C@@H]4/C=C\CCCCN(C)C(=O)[C@@H]3C2)c1. The number of rotatable bonds is 6. The highest BCUT2D eigenvalue weighted by Crippen LogP contribution is 2.48. The number of allylic oxidation sites excluding steroid dienone is 1. The van der Waals surface area contributed by atoms with Crippen LogP contribution in [0, 0.1) is 17.8 Å². The zero-order valence-corrected chi connectivity index (χ0v) is 25.6. The Morgan fingerprint density at radius 2 is 1.86 bits per heavy atom. The molecule has 1 heterocycles. The molecular formula is C30H40N4O8S. The number of hydrogen-bond donors (Lipinski definition) is 3. The van der Waals surface area contributed by atoms with Gasteiger partial charge in [-0.2, -0.15) is 0 Å². The molecule has 3 N–H and O–H groups in total. The van der Waals surface area contributed by atoms with E-state index in [-0.39, 0.29) is 31.1 Å². The van der Waals surface area contributed by atoms with Gasteiger partial charge in [-0.05, 0) is 70.4 Å². The zero-order chi connectivity index (χ0) is 31.0. The molecule has 1 aliphatic heterocycles. The number of amides is 4. The minimum atomic E-state index is -3.92. The lowest BCUT2D eigenvalue weighted by atomic mass is 9.93. The first-order valence-corrected chi connectivity index (χ1v) is 16.3. The Balaban J connectivity index is 1.34. The fraction of sp³-hybridized carbons (Fsp3) is 0.600. The molecule has 4 aliphatic rings. The van der Waals surface area contributed by atoms with E-state index in [1.807, 2.05) is 12.2 Å². The summed E-state index contributed by atoms with van der Waals surface area (Å²) >= 11 is 0. The normalized spacial score (nSPS) is 30.9. The minimum Gasteiger partial charge on any atom is -0.497 e. The maximum atomic E-state index is 13.8. The molecule has 1 aromatic carbocycles. The number of nitrogens with one attached hydrogen (secondary N) is 3. The zero-order valence-electron chi connectivity index (χ0n) is 24.8. The van der Waals surface area contributed by atoms with Crippen molar-refractivity contribution in [3.63, 3.8) is 0 Å². The van der Waals surface area contributed by atoms with E-state index in [4.69, 9.17) is 9.47 Å². The van der Waals surface area contributed by atoms with E-state index in [0.717, 1.165) is 19.3 Å². The lowest BCUT2D eigenvalue weighted by molar-refractivity contribution is -0.140. The van der Waals surface area contributed by atoms with Gasteiger partial charge in [0.25, 0.3) is 5.91 Å². The van der Waals surface area contributed by atoms with Crippen molar-refractivity contribution in [1.29, 1.82) is 0 Å². The number of methoxy groups -OCH3 is 1. The number of sulfonamides is 1. The highest BCUT2D eigenvalue weighted by molar-refractivity contribution is 7.91. The second-order valence-corrected chi connectivity index (χ2v) is 14.6. The van der Waals surface area contributed by atoms with E-state index in [9.17, 15) is 27.6 Å². The van der Waals surface area contributed by atoms with Crippen LogP contribution in [-0.4, -0.2) is 74.2 Å². The summed E-state index contributed by atoms with van der Waals surface area (Å²) in [5, 5.41) is 5.49. The Kier molecular flexibility index (Phi) is 8.47. The van der Waals surface area contributed by atoms with Crippen LogP contribution in [-0.2, 0) is 29.1 Å². The average Bonchev–Trinajstić information content (AvgIpc) is 3.84. The molecule has 43 heavy (non-hydrogen) atoms. The van der Waals surface area contributed by atoms with Gasteiger partial charge >= 0.3 is 6.09 Å².